The molecule has 0 N–H and O–H groups in total. The second-order valence-electron chi connectivity index (χ2n) is 16.9. The lowest BCUT2D eigenvalue weighted by molar-refractivity contribution is 1.19. The average molecular weight is 826 g/mol. The Balaban J connectivity index is 0.963. The predicted octanol–water partition coefficient (Wildman–Crippen LogP) is 16.5. The number of aromatic nitrogens is 3. The summed E-state index contributed by atoms with van der Waals surface area (Å²) in [6.45, 7) is 0. The van der Waals surface area contributed by atoms with Gasteiger partial charge in [-0.3, -0.25) is 0 Å². The zero-order valence-corrected chi connectivity index (χ0v) is 35.4. The molecule has 0 atom stereocenters. The highest BCUT2D eigenvalue weighted by atomic mass is 15.0. The molecule has 13 aromatic rings. The van der Waals surface area contributed by atoms with Crippen LogP contribution in [0.3, 0.4) is 0 Å². The Labute approximate surface area is 376 Å². The molecule has 0 radical (unpaired) electrons. The van der Waals surface area contributed by atoms with E-state index in [1.54, 1.807) is 0 Å². The first-order valence-corrected chi connectivity index (χ1v) is 22.2. The van der Waals surface area contributed by atoms with E-state index in [4.69, 9.17) is 9.97 Å². The van der Waals surface area contributed by atoms with Gasteiger partial charge in [0.2, 0.25) is 0 Å². The molecule has 0 amide bonds. The normalized spacial score (nSPS) is 11.7. The molecule has 13 rings (SSSR count). The van der Waals surface area contributed by atoms with Crippen molar-refractivity contribution in [1.82, 2.24) is 14.5 Å². The molecule has 65 heavy (non-hydrogen) atoms. The molecule has 0 spiro atoms. The fraction of sp³-hybridized carbons (Fsp3) is 0. The Morgan fingerprint density at radius 1 is 0.292 bits per heavy atom. The van der Waals surface area contributed by atoms with Crippen molar-refractivity contribution in [3.05, 3.63) is 237 Å². The van der Waals surface area contributed by atoms with Gasteiger partial charge in [-0.25, -0.2) is 9.97 Å². The van der Waals surface area contributed by atoms with Crippen molar-refractivity contribution in [3.63, 3.8) is 0 Å². The molecule has 0 aliphatic rings. The van der Waals surface area contributed by atoms with Crippen LogP contribution in [-0.4, -0.2) is 14.5 Å². The first-order chi connectivity index (χ1) is 32.2. The zero-order chi connectivity index (χ0) is 42.8. The second-order valence-corrected chi connectivity index (χ2v) is 16.9. The maximum absolute atomic E-state index is 5.38. The van der Waals surface area contributed by atoms with Gasteiger partial charge in [0.15, 0.2) is 5.82 Å². The van der Waals surface area contributed by atoms with Crippen molar-refractivity contribution in [1.29, 1.82) is 0 Å². The second kappa shape index (κ2) is 15.0. The Kier molecular flexibility index (Phi) is 8.53. The van der Waals surface area contributed by atoms with Gasteiger partial charge in [0.25, 0.3) is 0 Å². The first kappa shape index (κ1) is 36.9. The highest BCUT2D eigenvalue weighted by molar-refractivity contribution is 6.30. The summed E-state index contributed by atoms with van der Waals surface area (Å²) in [5.41, 5.74) is 14.5. The largest absolute Gasteiger partial charge is 0.309 e. The molecule has 3 heteroatoms. The molecule has 0 fully saturated rings. The number of para-hydroxylation sites is 1. The first-order valence-electron chi connectivity index (χ1n) is 22.2. The van der Waals surface area contributed by atoms with Crippen LogP contribution in [0.15, 0.2) is 237 Å². The fourth-order valence-corrected chi connectivity index (χ4v) is 10.1. The highest BCUT2D eigenvalue weighted by Gasteiger charge is 2.21. The van der Waals surface area contributed by atoms with Gasteiger partial charge in [-0.15, -0.1) is 0 Å². The Bertz CT molecular complexity index is 3980. The van der Waals surface area contributed by atoms with E-state index in [1.807, 2.05) is 0 Å². The summed E-state index contributed by atoms with van der Waals surface area (Å²) in [6, 6.07) is 85.2. The van der Waals surface area contributed by atoms with Crippen molar-refractivity contribution < 1.29 is 0 Å². The number of rotatable bonds is 6. The summed E-state index contributed by atoms with van der Waals surface area (Å²) >= 11 is 0. The molecule has 0 unspecified atom stereocenters. The number of fused-ring (bicyclic) bond motifs is 9. The van der Waals surface area contributed by atoms with Gasteiger partial charge < -0.3 is 4.57 Å². The summed E-state index contributed by atoms with van der Waals surface area (Å²) in [6.07, 6.45) is 0. The number of hydrogen-bond donors (Lipinski definition) is 0. The minimum absolute atomic E-state index is 0.707. The Morgan fingerprint density at radius 2 is 0.892 bits per heavy atom. The van der Waals surface area contributed by atoms with Crippen molar-refractivity contribution in [2.45, 2.75) is 0 Å². The monoisotopic (exact) mass is 825 g/mol. The number of hydrogen-bond acceptors (Lipinski definition) is 2. The number of nitrogens with zero attached hydrogens (tertiary/aromatic N) is 3. The lowest BCUT2D eigenvalue weighted by Gasteiger charge is -2.14. The molecule has 302 valence electrons. The van der Waals surface area contributed by atoms with E-state index in [0.29, 0.717) is 5.82 Å². The van der Waals surface area contributed by atoms with Crippen LogP contribution in [0, 0.1) is 0 Å². The maximum atomic E-state index is 5.38. The molecule has 2 heterocycles. The van der Waals surface area contributed by atoms with E-state index in [-0.39, 0.29) is 0 Å². The third-order valence-corrected chi connectivity index (χ3v) is 13.2. The molecule has 3 nitrogen and oxygen atoms in total. The van der Waals surface area contributed by atoms with Crippen LogP contribution >= 0.6 is 0 Å². The molecule has 0 saturated carbocycles. The van der Waals surface area contributed by atoms with E-state index in [2.05, 4.69) is 241 Å². The average Bonchev–Trinajstić information content (AvgIpc) is 3.73. The van der Waals surface area contributed by atoms with Gasteiger partial charge in [0.05, 0.1) is 22.2 Å². The zero-order valence-electron chi connectivity index (χ0n) is 35.4. The minimum atomic E-state index is 0.707. The van der Waals surface area contributed by atoms with Crippen LogP contribution in [0.1, 0.15) is 0 Å². The third-order valence-electron chi connectivity index (χ3n) is 13.2. The van der Waals surface area contributed by atoms with Crippen LogP contribution in [-0.2, 0) is 0 Å². The van der Waals surface area contributed by atoms with Gasteiger partial charge in [-0.05, 0) is 102 Å². The summed E-state index contributed by atoms with van der Waals surface area (Å²) in [5.74, 6) is 0.707. The molecule has 0 aliphatic carbocycles. The summed E-state index contributed by atoms with van der Waals surface area (Å²) in [7, 11) is 0. The molecule has 11 aromatic carbocycles. The van der Waals surface area contributed by atoms with Crippen LogP contribution in [0.2, 0.25) is 0 Å². The van der Waals surface area contributed by atoms with Gasteiger partial charge in [0, 0.05) is 33.0 Å². The van der Waals surface area contributed by atoms with Crippen LogP contribution in [0.5, 0.6) is 0 Å². The van der Waals surface area contributed by atoms with Crippen molar-refractivity contribution in [2.24, 2.45) is 0 Å². The van der Waals surface area contributed by atoms with Crippen LogP contribution < -0.4 is 0 Å². The quantitative estimate of drug-likeness (QED) is 0.167. The molecule has 0 bridgehead atoms. The highest BCUT2D eigenvalue weighted by Crippen LogP contribution is 2.44. The van der Waals surface area contributed by atoms with Crippen molar-refractivity contribution >= 4 is 65.0 Å². The van der Waals surface area contributed by atoms with Gasteiger partial charge in [0.1, 0.15) is 0 Å². The standard InChI is InChI=1S/C62H39N3/c1-3-15-40(16-4-1)45-20-13-21-46(37-45)41-29-31-44(32-30-41)61-54-26-11-12-28-56(54)63-62(64-61)53-27-14-22-47-38-48(34-35-49(47)53)65-57-36-33-43-19-7-8-23-50(43)59(57)60-52-25-10-9-24-51(52)55(39-58(60)65)42-17-5-2-6-18-42/h1-39H. The van der Waals surface area contributed by atoms with Crippen molar-refractivity contribution in [2.75, 3.05) is 0 Å². The third kappa shape index (κ3) is 6.12. The SMILES string of the molecule is c1ccc(-c2cccc(-c3ccc(-c4nc(-c5cccc6cc(-n7c8ccc9ccccc9c8c8c9ccccc9c(-c9ccccc9)cc87)ccc56)nc5ccccc45)cc3)c2)cc1. The predicted molar refractivity (Wildman–Crippen MR) is 274 cm³/mol. The lowest BCUT2D eigenvalue weighted by Crippen LogP contribution is -1.97. The van der Waals surface area contributed by atoms with E-state index < -0.39 is 0 Å². The van der Waals surface area contributed by atoms with E-state index in [1.165, 1.54) is 71.2 Å². The molecular formula is C62H39N3. The molecular weight excluding hydrogens is 787 g/mol. The van der Waals surface area contributed by atoms with E-state index >= 15 is 0 Å². The van der Waals surface area contributed by atoms with Gasteiger partial charge in [-0.1, -0.05) is 200 Å². The van der Waals surface area contributed by atoms with Gasteiger partial charge in [-0.2, -0.15) is 0 Å². The van der Waals surface area contributed by atoms with Crippen LogP contribution in [0.4, 0.5) is 0 Å². The maximum Gasteiger partial charge on any atom is 0.161 e. The molecule has 0 saturated heterocycles. The summed E-state index contributed by atoms with van der Waals surface area (Å²) < 4.78 is 2.47. The number of benzene rings is 11. The summed E-state index contributed by atoms with van der Waals surface area (Å²) in [5, 5.41) is 10.8. The van der Waals surface area contributed by atoms with Gasteiger partial charge >= 0.3 is 0 Å². The Hall–Kier alpha value is -8.66. The van der Waals surface area contributed by atoms with Crippen LogP contribution in [0.25, 0.3) is 127 Å². The fourth-order valence-electron chi connectivity index (χ4n) is 10.1. The lowest BCUT2D eigenvalue weighted by atomic mass is 9.94. The van der Waals surface area contributed by atoms with Crippen molar-refractivity contribution in [3.8, 4) is 61.7 Å². The summed E-state index contributed by atoms with van der Waals surface area (Å²) in [4.78, 5) is 10.6. The topological polar surface area (TPSA) is 30.7 Å². The minimum Gasteiger partial charge on any atom is -0.309 e. The van der Waals surface area contributed by atoms with E-state index in [9.17, 15) is 0 Å². The molecule has 0 aliphatic heterocycles. The Morgan fingerprint density at radius 3 is 1.69 bits per heavy atom. The molecule has 2 aromatic heterocycles. The smallest absolute Gasteiger partial charge is 0.161 e. The van der Waals surface area contributed by atoms with E-state index in [0.717, 1.165) is 49.7 Å².